The predicted octanol–water partition coefficient (Wildman–Crippen LogP) is 1.30. The van der Waals surface area contributed by atoms with Crippen LogP contribution in [0.4, 0.5) is 0 Å². The van der Waals surface area contributed by atoms with E-state index in [1.165, 1.54) is 0 Å². The number of nitrogens with one attached hydrogen (secondary N) is 4. The van der Waals surface area contributed by atoms with Crippen LogP contribution < -0.4 is 22.3 Å². The second kappa shape index (κ2) is 8.66. The lowest BCUT2D eigenvalue weighted by Crippen LogP contribution is -2.27. The van der Waals surface area contributed by atoms with E-state index in [1.54, 1.807) is 0 Å². The fourth-order valence-corrected chi connectivity index (χ4v) is 2.12. The molecule has 8 nitrogen and oxygen atoms in total. The molecule has 0 radical (unpaired) electrons. The number of nitrogens with zero attached hydrogens (tertiary/aromatic N) is 2. The Morgan fingerprint density at radius 3 is 1.71 bits per heavy atom. The average Bonchev–Trinajstić information content (AvgIpc) is 2.49. The van der Waals surface area contributed by atoms with Gasteiger partial charge in [-0.15, -0.1) is 0 Å². The van der Waals surface area contributed by atoms with Crippen molar-refractivity contribution < 1.29 is 0 Å². The zero-order chi connectivity index (χ0) is 18.3. The zero-order valence-corrected chi connectivity index (χ0v) is 14.6. The SMILES string of the molecule is C/C(=N/NC(=N)N)c1cc(CC(C)C)cc(/C(C)=N/NC(=N)N)c1. The van der Waals surface area contributed by atoms with Crippen LogP contribution in [0.25, 0.3) is 0 Å². The van der Waals surface area contributed by atoms with E-state index in [0.717, 1.165) is 23.1 Å². The van der Waals surface area contributed by atoms with Crippen LogP contribution >= 0.6 is 0 Å². The standard InChI is InChI=1S/C16H26N8/c1-9(2)5-12-6-13(10(3)21-23-15(17)18)8-14(7-12)11(4)22-24-16(19)20/h6-9H,5H2,1-4H3,(H4,17,18,23)(H4,19,20,24)/b21-10-,22-11+. The maximum absolute atomic E-state index is 7.19. The molecular weight excluding hydrogens is 304 g/mol. The first-order valence-electron chi connectivity index (χ1n) is 7.62. The number of guanidine groups is 2. The van der Waals surface area contributed by atoms with Crippen molar-refractivity contribution in [1.29, 1.82) is 10.8 Å². The van der Waals surface area contributed by atoms with Gasteiger partial charge >= 0.3 is 0 Å². The minimum absolute atomic E-state index is 0.212. The molecule has 130 valence electrons. The molecule has 0 saturated carbocycles. The van der Waals surface area contributed by atoms with E-state index in [4.69, 9.17) is 22.3 Å². The second-order valence-corrected chi connectivity index (χ2v) is 5.96. The highest BCUT2D eigenvalue weighted by atomic mass is 15.3. The van der Waals surface area contributed by atoms with Gasteiger partial charge in [0.25, 0.3) is 0 Å². The first kappa shape index (κ1) is 19.1. The lowest BCUT2D eigenvalue weighted by molar-refractivity contribution is 0.647. The van der Waals surface area contributed by atoms with Crippen LogP contribution in [-0.4, -0.2) is 23.3 Å². The quantitative estimate of drug-likeness (QED) is 0.265. The molecule has 0 unspecified atom stereocenters. The lowest BCUT2D eigenvalue weighted by atomic mass is 9.95. The van der Waals surface area contributed by atoms with Crippen molar-refractivity contribution in [2.24, 2.45) is 27.6 Å². The minimum Gasteiger partial charge on any atom is -0.369 e. The number of hydrogen-bond acceptors (Lipinski definition) is 4. The van der Waals surface area contributed by atoms with Gasteiger partial charge in [0.2, 0.25) is 11.9 Å². The molecule has 0 aromatic heterocycles. The molecule has 8 N–H and O–H groups in total. The Morgan fingerprint density at radius 2 is 1.38 bits per heavy atom. The van der Waals surface area contributed by atoms with E-state index in [1.807, 2.05) is 19.9 Å². The summed E-state index contributed by atoms with van der Waals surface area (Å²) in [6, 6.07) is 6.08. The summed E-state index contributed by atoms with van der Waals surface area (Å²) in [4.78, 5) is 0. The van der Waals surface area contributed by atoms with Gasteiger partial charge in [0.05, 0.1) is 11.4 Å². The van der Waals surface area contributed by atoms with Crippen LogP contribution in [0.3, 0.4) is 0 Å². The van der Waals surface area contributed by atoms with Crippen molar-refractivity contribution in [3.8, 4) is 0 Å². The molecule has 0 amide bonds. The fourth-order valence-electron chi connectivity index (χ4n) is 2.12. The molecule has 0 aliphatic heterocycles. The molecule has 8 heteroatoms. The third-order valence-electron chi connectivity index (χ3n) is 3.16. The number of rotatable bonds is 6. The van der Waals surface area contributed by atoms with Crippen LogP contribution in [0.1, 0.15) is 44.4 Å². The zero-order valence-electron chi connectivity index (χ0n) is 14.6. The maximum atomic E-state index is 7.19. The molecule has 0 aliphatic carbocycles. The molecule has 0 atom stereocenters. The van der Waals surface area contributed by atoms with E-state index < -0.39 is 0 Å². The minimum atomic E-state index is -0.212. The Labute approximate surface area is 142 Å². The highest BCUT2D eigenvalue weighted by Gasteiger charge is 2.08. The van der Waals surface area contributed by atoms with E-state index in [9.17, 15) is 0 Å². The van der Waals surface area contributed by atoms with E-state index >= 15 is 0 Å². The maximum Gasteiger partial charge on any atom is 0.206 e. The topological polar surface area (TPSA) is 149 Å². The monoisotopic (exact) mass is 330 g/mol. The average molecular weight is 330 g/mol. The van der Waals surface area contributed by atoms with Gasteiger partial charge in [-0.2, -0.15) is 10.2 Å². The molecular formula is C16H26N8. The predicted molar refractivity (Wildman–Crippen MR) is 99.5 cm³/mol. The molecule has 1 aromatic rings. The molecule has 24 heavy (non-hydrogen) atoms. The molecule has 0 heterocycles. The van der Waals surface area contributed by atoms with Crippen LogP contribution in [0, 0.1) is 16.7 Å². The van der Waals surface area contributed by atoms with Crippen molar-refractivity contribution in [3.05, 3.63) is 34.9 Å². The summed E-state index contributed by atoms with van der Waals surface area (Å²) >= 11 is 0. The Hall–Kier alpha value is -2.90. The van der Waals surface area contributed by atoms with Gasteiger partial charge in [0.1, 0.15) is 0 Å². The first-order valence-corrected chi connectivity index (χ1v) is 7.62. The van der Waals surface area contributed by atoms with Gasteiger partial charge in [-0.1, -0.05) is 13.8 Å². The van der Waals surface area contributed by atoms with Crippen molar-refractivity contribution >= 4 is 23.3 Å². The summed E-state index contributed by atoms with van der Waals surface area (Å²) in [7, 11) is 0. The highest BCUT2D eigenvalue weighted by molar-refractivity contribution is 6.04. The third kappa shape index (κ3) is 6.47. The Bertz CT molecular complexity index is 622. The lowest BCUT2D eigenvalue weighted by Gasteiger charge is -2.12. The number of benzene rings is 1. The second-order valence-electron chi connectivity index (χ2n) is 5.96. The van der Waals surface area contributed by atoms with E-state index in [-0.39, 0.29) is 11.9 Å². The van der Waals surface area contributed by atoms with Gasteiger partial charge < -0.3 is 11.5 Å². The summed E-state index contributed by atoms with van der Waals surface area (Å²) in [6.07, 6.45) is 0.918. The van der Waals surface area contributed by atoms with E-state index in [2.05, 4.69) is 47.0 Å². The van der Waals surface area contributed by atoms with Crippen molar-refractivity contribution in [3.63, 3.8) is 0 Å². The molecule has 1 rings (SSSR count). The van der Waals surface area contributed by atoms with Gasteiger partial charge in [0.15, 0.2) is 0 Å². The Balaban J connectivity index is 3.26. The fraction of sp³-hybridized carbons (Fsp3) is 0.375. The summed E-state index contributed by atoms with van der Waals surface area (Å²) < 4.78 is 0. The van der Waals surface area contributed by atoms with Gasteiger partial charge in [0, 0.05) is 0 Å². The largest absolute Gasteiger partial charge is 0.369 e. The van der Waals surface area contributed by atoms with Crippen LogP contribution in [0.2, 0.25) is 0 Å². The van der Waals surface area contributed by atoms with Crippen LogP contribution in [0.5, 0.6) is 0 Å². The van der Waals surface area contributed by atoms with Crippen molar-refractivity contribution in [2.75, 3.05) is 0 Å². The normalized spacial score (nSPS) is 12.2. The van der Waals surface area contributed by atoms with Gasteiger partial charge in [-0.05, 0) is 61.1 Å². The molecule has 1 aromatic carbocycles. The molecule has 0 spiro atoms. The van der Waals surface area contributed by atoms with Crippen molar-refractivity contribution in [1.82, 2.24) is 10.9 Å². The Kier molecular flexibility index (Phi) is 6.91. The molecule has 0 aliphatic rings. The first-order chi connectivity index (χ1) is 11.2. The Morgan fingerprint density at radius 1 is 0.958 bits per heavy atom. The van der Waals surface area contributed by atoms with Crippen molar-refractivity contribution in [2.45, 2.75) is 34.1 Å². The molecule has 0 saturated heterocycles. The number of hydrazone groups is 2. The van der Waals surface area contributed by atoms with E-state index in [0.29, 0.717) is 17.3 Å². The molecule has 0 fully saturated rings. The van der Waals surface area contributed by atoms with Gasteiger partial charge in [-0.3, -0.25) is 10.8 Å². The summed E-state index contributed by atoms with van der Waals surface area (Å²) in [6.45, 7) is 7.99. The third-order valence-corrected chi connectivity index (χ3v) is 3.16. The smallest absolute Gasteiger partial charge is 0.206 e. The van der Waals surface area contributed by atoms with Crippen LogP contribution in [-0.2, 0) is 6.42 Å². The summed E-state index contributed by atoms with van der Waals surface area (Å²) in [5, 5.41) is 22.6. The summed E-state index contributed by atoms with van der Waals surface area (Å²) in [5.74, 6) is 0.0842. The number of nitrogens with two attached hydrogens (primary N) is 2. The highest BCUT2D eigenvalue weighted by Crippen LogP contribution is 2.16. The summed E-state index contributed by atoms with van der Waals surface area (Å²) in [5.41, 5.74) is 19.8. The number of hydrogen-bond donors (Lipinski definition) is 6. The van der Waals surface area contributed by atoms with Crippen LogP contribution in [0.15, 0.2) is 28.4 Å². The van der Waals surface area contributed by atoms with Gasteiger partial charge in [-0.25, -0.2) is 10.9 Å². The molecule has 0 bridgehead atoms.